The van der Waals surface area contributed by atoms with Gasteiger partial charge in [-0.3, -0.25) is 0 Å². The highest BCUT2D eigenvalue weighted by Crippen LogP contribution is 2.43. The number of aromatic nitrogens is 1. The van der Waals surface area contributed by atoms with Crippen molar-refractivity contribution < 1.29 is 0 Å². The summed E-state index contributed by atoms with van der Waals surface area (Å²) in [5, 5.41) is 11.3. The third-order valence-electron chi connectivity index (χ3n) is 5.51. The second-order valence-corrected chi connectivity index (χ2v) is 8.48. The lowest BCUT2D eigenvalue weighted by Crippen LogP contribution is -2.01. The largest absolute Gasteiger partial charge is 0.324 e. The number of hydrogen-bond acceptors (Lipinski definition) is 2. The van der Waals surface area contributed by atoms with Gasteiger partial charge in [0.05, 0.1) is 15.7 Å². The standard InChI is InChI=1S/C28H23Cl2N3/c1-2-3-17-33-27(21-13-8-5-9-14-21)26(20-11-6-4-7-12-20)22(18-31)28(33)32-19-23-24(29)15-10-16-25(23)30/h4-16,19H,2-3,17H2,1H3. The van der Waals surface area contributed by atoms with Crippen LogP contribution in [0.25, 0.3) is 22.4 Å². The van der Waals surface area contributed by atoms with Crippen molar-refractivity contribution in [3.8, 4) is 28.5 Å². The van der Waals surface area contributed by atoms with Crippen molar-refractivity contribution >= 4 is 35.2 Å². The summed E-state index contributed by atoms with van der Waals surface area (Å²) in [6.07, 6.45) is 3.64. The summed E-state index contributed by atoms with van der Waals surface area (Å²) in [5.41, 5.74) is 5.07. The highest BCUT2D eigenvalue weighted by Gasteiger charge is 2.24. The van der Waals surface area contributed by atoms with Crippen LogP contribution in [0.2, 0.25) is 10.0 Å². The molecule has 1 heterocycles. The Kier molecular flexibility index (Phi) is 7.29. The molecule has 5 heteroatoms. The van der Waals surface area contributed by atoms with E-state index >= 15 is 0 Å². The quantitative estimate of drug-likeness (QED) is 0.249. The molecule has 0 aliphatic carbocycles. The molecule has 0 N–H and O–H groups in total. The van der Waals surface area contributed by atoms with Crippen molar-refractivity contribution in [2.24, 2.45) is 4.99 Å². The molecule has 0 radical (unpaired) electrons. The van der Waals surface area contributed by atoms with Gasteiger partial charge in [-0.2, -0.15) is 5.26 Å². The summed E-state index contributed by atoms with van der Waals surface area (Å²) in [5.74, 6) is 0.611. The zero-order chi connectivity index (χ0) is 23.2. The van der Waals surface area contributed by atoms with Crippen LogP contribution in [-0.2, 0) is 6.54 Å². The van der Waals surface area contributed by atoms with Crippen LogP contribution in [-0.4, -0.2) is 10.8 Å². The van der Waals surface area contributed by atoms with Crippen molar-refractivity contribution in [3.63, 3.8) is 0 Å². The average Bonchev–Trinajstić information content (AvgIpc) is 3.16. The lowest BCUT2D eigenvalue weighted by molar-refractivity contribution is 0.642. The Balaban J connectivity index is 2.02. The third kappa shape index (κ3) is 4.73. The molecule has 0 aliphatic rings. The zero-order valence-corrected chi connectivity index (χ0v) is 19.8. The Morgan fingerprint density at radius 2 is 1.48 bits per heavy atom. The molecule has 3 aromatic carbocycles. The molecule has 0 bridgehead atoms. The van der Waals surface area contributed by atoms with Crippen molar-refractivity contribution in [3.05, 3.63) is 100 Å². The highest BCUT2D eigenvalue weighted by molar-refractivity contribution is 6.38. The molecule has 0 saturated carbocycles. The monoisotopic (exact) mass is 471 g/mol. The summed E-state index contributed by atoms with van der Waals surface area (Å²) in [7, 11) is 0. The fraction of sp³-hybridized carbons (Fsp3) is 0.143. The Labute approximate surface area is 204 Å². The van der Waals surface area contributed by atoms with Gasteiger partial charge in [-0.25, -0.2) is 4.99 Å². The van der Waals surface area contributed by atoms with E-state index in [-0.39, 0.29) is 0 Å². The predicted molar refractivity (Wildman–Crippen MR) is 139 cm³/mol. The van der Waals surface area contributed by atoms with Gasteiger partial charge in [-0.15, -0.1) is 0 Å². The van der Waals surface area contributed by atoms with E-state index in [0.29, 0.717) is 27.0 Å². The minimum Gasteiger partial charge on any atom is -0.324 e. The number of benzene rings is 3. The first-order valence-electron chi connectivity index (χ1n) is 10.9. The Morgan fingerprint density at radius 1 is 0.879 bits per heavy atom. The maximum absolute atomic E-state index is 10.3. The molecule has 0 spiro atoms. The minimum absolute atomic E-state index is 0.517. The van der Waals surface area contributed by atoms with E-state index in [4.69, 9.17) is 28.2 Å². The molecular weight excluding hydrogens is 449 g/mol. The average molecular weight is 472 g/mol. The van der Waals surface area contributed by atoms with Gasteiger partial charge in [0, 0.05) is 23.9 Å². The number of hydrogen-bond donors (Lipinski definition) is 0. The molecule has 4 aromatic rings. The number of nitrogens with zero attached hydrogens (tertiary/aromatic N) is 3. The number of halogens is 2. The van der Waals surface area contributed by atoms with Crippen LogP contribution in [0.15, 0.2) is 83.9 Å². The zero-order valence-electron chi connectivity index (χ0n) is 18.3. The number of aliphatic imine (C=N–C) groups is 1. The van der Waals surface area contributed by atoms with E-state index in [0.717, 1.165) is 41.8 Å². The second kappa shape index (κ2) is 10.5. The van der Waals surface area contributed by atoms with Crippen LogP contribution in [0, 0.1) is 11.3 Å². The maximum Gasteiger partial charge on any atom is 0.151 e. The molecular formula is C28H23Cl2N3. The predicted octanol–water partition coefficient (Wildman–Crippen LogP) is 8.55. The molecule has 4 rings (SSSR count). The SMILES string of the molecule is CCCCn1c(N=Cc2c(Cl)cccc2Cl)c(C#N)c(-c2ccccc2)c1-c1ccccc1. The maximum atomic E-state index is 10.3. The Bertz CT molecular complexity index is 1300. The lowest BCUT2D eigenvalue weighted by Gasteiger charge is -2.13. The van der Waals surface area contributed by atoms with E-state index in [2.05, 4.69) is 29.7 Å². The summed E-state index contributed by atoms with van der Waals surface area (Å²) < 4.78 is 2.15. The summed E-state index contributed by atoms with van der Waals surface area (Å²) >= 11 is 12.7. The lowest BCUT2D eigenvalue weighted by atomic mass is 9.98. The topological polar surface area (TPSA) is 41.1 Å². The van der Waals surface area contributed by atoms with Gasteiger partial charge in [0.25, 0.3) is 0 Å². The van der Waals surface area contributed by atoms with Crippen molar-refractivity contribution in [2.75, 3.05) is 0 Å². The van der Waals surface area contributed by atoms with Crippen LogP contribution in [0.4, 0.5) is 5.82 Å². The van der Waals surface area contributed by atoms with Crippen LogP contribution in [0.1, 0.15) is 30.9 Å². The van der Waals surface area contributed by atoms with Crippen LogP contribution >= 0.6 is 23.2 Å². The van der Waals surface area contributed by atoms with Gasteiger partial charge >= 0.3 is 0 Å². The fourth-order valence-electron chi connectivity index (χ4n) is 3.92. The van der Waals surface area contributed by atoms with Gasteiger partial charge < -0.3 is 4.57 Å². The van der Waals surface area contributed by atoms with E-state index in [9.17, 15) is 5.26 Å². The number of unbranched alkanes of at least 4 members (excludes halogenated alkanes) is 1. The Hall–Kier alpha value is -3.32. The smallest absolute Gasteiger partial charge is 0.151 e. The number of rotatable bonds is 7. The van der Waals surface area contributed by atoms with Crippen molar-refractivity contribution in [1.29, 1.82) is 5.26 Å². The van der Waals surface area contributed by atoms with Gasteiger partial charge in [-0.05, 0) is 29.7 Å². The molecule has 164 valence electrons. The molecule has 33 heavy (non-hydrogen) atoms. The van der Waals surface area contributed by atoms with E-state index in [1.807, 2.05) is 48.5 Å². The van der Waals surface area contributed by atoms with Gasteiger partial charge in [-0.1, -0.05) is 103 Å². The molecule has 0 saturated heterocycles. The number of nitriles is 1. The molecule has 0 amide bonds. The van der Waals surface area contributed by atoms with Gasteiger partial charge in [0.2, 0.25) is 0 Å². The fourth-order valence-corrected chi connectivity index (χ4v) is 4.42. The minimum atomic E-state index is 0.517. The van der Waals surface area contributed by atoms with E-state index in [1.165, 1.54) is 0 Å². The van der Waals surface area contributed by atoms with Crippen LogP contribution in [0.5, 0.6) is 0 Å². The van der Waals surface area contributed by atoms with Gasteiger partial charge in [0.1, 0.15) is 11.6 Å². The normalized spacial score (nSPS) is 11.1. The highest BCUT2D eigenvalue weighted by atomic mass is 35.5. The van der Waals surface area contributed by atoms with Crippen molar-refractivity contribution in [2.45, 2.75) is 26.3 Å². The van der Waals surface area contributed by atoms with E-state index in [1.54, 1.807) is 24.4 Å². The van der Waals surface area contributed by atoms with Gasteiger partial charge in [0.15, 0.2) is 5.82 Å². The summed E-state index contributed by atoms with van der Waals surface area (Å²) in [6.45, 7) is 2.90. The van der Waals surface area contributed by atoms with Crippen molar-refractivity contribution in [1.82, 2.24) is 4.57 Å². The summed E-state index contributed by atoms with van der Waals surface area (Å²) in [4.78, 5) is 4.80. The molecule has 0 aliphatic heterocycles. The summed E-state index contributed by atoms with van der Waals surface area (Å²) in [6, 6.07) is 28.0. The molecule has 1 aromatic heterocycles. The van der Waals surface area contributed by atoms with Crippen LogP contribution in [0.3, 0.4) is 0 Å². The second-order valence-electron chi connectivity index (χ2n) is 7.66. The molecule has 3 nitrogen and oxygen atoms in total. The Morgan fingerprint density at radius 3 is 2.06 bits per heavy atom. The first kappa shape index (κ1) is 22.9. The van der Waals surface area contributed by atoms with E-state index < -0.39 is 0 Å². The van der Waals surface area contributed by atoms with Crippen LogP contribution < -0.4 is 0 Å². The molecule has 0 unspecified atom stereocenters. The molecule has 0 atom stereocenters. The third-order valence-corrected chi connectivity index (χ3v) is 6.17. The first-order valence-corrected chi connectivity index (χ1v) is 11.7. The molecule has 0 fully saturated rings. The first-order chi connectivity index (χ1) is 16.2.